The van der Waals surface area contributed by atoms with Gasteiger partial charge in [-0.25, -0.2) is 0 Å². The van der Waals surface area contributed by atoms with Crippen LogP contribution in [-0.2, 0) is 28.5 Å². The van der Waals surface area contributed by atoms with Crippen LogP contribution in [0.5, 0.6) is 0 Å². The van der Waals surface area contributed by atoms with Crippen molar-refractivity contribution in [1.29, 1.82) is 0 Å². The first-order valence-electron chi connectivity index (χ1n) is 7.28. The molecule has 0 spiro atoms. The van der Waals surface area contributed by atoms with Gasteiger partial charge in [-0.3, -0.25) is 9.59 Å². The lowest BCUT2D eigenvalue weighted by molar-refractivity contribution is -0.147. The molecule has 0 aliphatic heterocycles. The molecule has 22 heavy (non-hydrogen) atoms. The molecule has 0 aliphatic carbocycles. The van der Waals surface area contributed by atoms with Crippen LogP contribution in [0.4, 0.5) is 0 Å². The molecule has 0 saturated carbocycles. The number of methoxy groups -OCH3 is 1. The highest BCUT2D eigenvalue weighted by Crippen LogP contribution is 1.98. The summed E-state index contributed by atoms with van der Waals surface area (Å²) >= 11 is 0. The van der Waals surface area contributed by atoms with Crippen molar-refractivity contribution in [2.45, 2.75) is 59.4 Å². The van der Waals surface area contributed by atoms with Gasteiger partial charge in [0.05, 0.1) is 32.0 Å². The standard InChI is InChI=1S/C8H14O4.C7H16O3/c1-6(12-8(3)10)4-5-11-7(2)9;1-6(4-8)10-5-7(2)9-3/h6H,4-5H2,1-3H3;6-8H,4-5H2,1-3H3. The SMILES string of the molecule is CC(=O)OCCC(C)OC(C)=O.COC(C)COC(C)CO. The van der Waals surface area contributed by atoms with Gasteiger partial charge in [0.2, 0.25) is 0 Å². The van der Waals surface area contributed by atoms with E-state index >= 15 is 0 Å². The second kappa shape index (κ2) is 14.7. The summed E-state index contributed by atoms with van der Waals surface area (Å²) < 4.78 is 19.6. The Bertz CT molecular complexity index is 284. The number of carbonyl (C=O) groups is 2. The molecule has 1 N–H and O–H groups in total. The Morgan fingerprint density at radius 2 is 1.59 bits per heavy atom. The number of esters is 2. The predicted molar refractivity (Wildman–Crippen MR) is 81.4 cm³/mol. The second-order valence-corrected chi connectivity index (χ2v) is 4.92. The summed E-state index contributed by atoms with van der Waals surface area (Å²) in [6.07, 6.45) is 0.368. The first-order chi connectivity index (χ1) is 10.2. The number of hydrogen-bond donors (Lipinski definition) is 1. The van der Waals surface area contributed by atoms with Gasteiger partial charge in [-0.05, 0) is 20.8 Å². The van der Waals surface area contributed by atoms with Crippen LogP contribution in [0.15, 0.2) is 0 Å². The van der Waals surface area contributed by atoms with E-state index in [4.69, 9.17) is 19.3 Å². The monoisotopic (exact) mass is 322 g/mol. The Hall–Kier alpha value is -1.18. The van der Waals surface area contributed by atoms with Crippen molar-refractivity contribution in [3.8, 4) is 0 Å². The van der Waals surface area contributed by atoms with Crippen molar-refractivity contribution in [2.75, 3.05) is 26.9 Å². The molecule has 0 radical (unpaired) electrons. The van der Waals surface area contributed by atoms with Crippen LogP contribution in [0, 0.1) is 0 Å². The highest BCUT2D eigenvalue weighted by Gasteiger charge is 2.05. The summed E-state index contributed by atoms with van der Waals surface area (Å²) in [6, 6.07) is 0. The summed E-state index contributed by atoms with van der Waals surface area (Å²) in [6.45, 7) is 9.09. The van der Waals surface area contributed by atoms with E-state index in [0.29, 0.717) is 19.6 Å². The summed E-state index contributed by atoms with van der Waals surface area (Å²) in [5.74, 6) is -0.629. The molecule has 132 valence electrons. The normalized spacial score (nSPS) is 14.1. The molecular weight excluding hydrogens is 292 g/mol. The summed E-state index contributed by atoms with van der Waals surface area (Å²) in [7, 11) is 1.64. The molecule has 0 amide bonds. The number of aliphatic hydroxyl groups excluding tert-OH is 1. The van der Waals surface area contributed by atoms with Crippen molar-refractivity contribution < 1.29 is 33.6 Å². The van der Waals surface area contributed by atoms with Gasteiger partial charge in [0.25, 0.3) is 0 Å². The Kier molecular flexibility index (Phi) is 15.5. The van der Waals surface area contributed by atoms with Gasteiger partial charge in [-0.15, -0.1) is 0 Å². The van der Waals surface area contributed by atoms with Gasteiger partial charge in [0.1, 0.15) is 6.10 Å². The molecule has 0 saturated heterocycles. The zero-order valence-electron chi connectivity index (χ0n) is 14.5. The molecule has 3 atom stereocenters. The maximum absolute atomic E-state index is 10.4. The lowest BCUT2D eigenvalue weighted by Crippen LogP contribution is -2.21. The van der Waals surface area contributed by atoms with Gasteiger partial charge < -0.3 is 24.1 Å². The van der Waals surface area contributed by atoms with Crippen molar-refractivity contribution >= 4 is 11.9 Å². The van der Waals surface area contributed by atoms with Crippen LogP contribution >= 0.6 is 0 Å². The predicted octanol–water partition coefficient (Wildman–Crippen LogP) is 1.31. The van der Waals surface area contributed by atoms with Crippen LogP contribution in [0.1, 0.15) is 41.0 Å². The third kappa shape index (κ3) is 18.8. The van der Waals surface area contributed by atoms with Crippen LogP contribution in [0.2, 0.25) is 0 Å². The molecule has 7 nitrogen and oxygen atoms in total. The number of ether oxygens (including phenoxy) is 4. The van der Waals surface area contributed by atoms with E-state index in [1.54, 1.807) is 14.0 Å². The van der Waals surface area contributed by atoms with Crippen LogP contribution < -0.4 is 0 Å². The van der Waals surface area contributed by atoms with Crippen LogP contribution in [0.3, 0.4) is 0 Å². The zero-order chi connectivity index (χ0) is 17.5. The fourth-order valence-electron chi connectivity index (χ4n) is 1.13. The molecule has 0 fully saturated rings. The van der Waals surface area contributed by atoms with E-state index in [2.05, 4.69) is 4.74 Å². The van der Waals surface area contributed by atoms with Crippen molar-refractivity contribution in [1.82, 2.24) is 0 Å². The van der Waals surface area contributed by atoms with E-state index in [9.17, 15) is 9.59 Å². The second-order valence-electron chi connectivity index (χ2n) is 4.92. The topological polar surface area (TPSA) is 91.3 Å². The molecule has 0 aromatic rings. The maximum Gasteiger partial charge on any atom is 0.302 e. The van der Waals surface area contributed by atoms with Crippen LogP contribution in [0.25, 0.3) is 0 Å². The van der Waals surface area contributed by atoms with Crippen molar-refractivity contribution in [2.24, 2.45) is 0 Å². The largest absolute Gasteiger partial charge is 0.466 e. The van der Waals surface area contributed by atoms with Gasteiger partial charge in [-0.2, -0.15) is 0 Å². The number of rotatable bonds is 9. The highest BCUT2D eigenvalue weighted by atomic mass is 16.6. The Balaban J connectivity index is 0. The van der Waals surface area contributed by atoms with Crippen molar-refractivity contribution in [3.05, 3.63) is 0 Å². The summed E-state index contributed by atoms with van der Waals surface area (Å²) in [4.78, 5) is 20.7. The van der Waals surface area contributed by atoms with Gasteiger partial charge in [-0.1, -0.05) is 0 Å². The Morgan fingerprint density at radius 1 is 1.00 bits per heavy atom. The lowest BCUT2D eigenvalue weighted by Gasteiger charge is -2.13. The van der Waals surface area contributed by atoms with E-state index < -0.39 is 0 Å². The van der Waals surface area contributed by atoms with Gasteiger partial charge in [0, 0.05) is 27.4 Å². The lowest BCUT2D eigenvalue weighted by atomic mass is 10.3. The van der Waals surface area contributed by atoms with E-state index in [1.165, 1.54) is 13.8 Å². The minimum Gasteiger partial charge on any atom is -0.466 e. The molecule has 0 bridgehead atoms. The first-order valence-corrected chi connectivity index (χ1v) is 7.28. The Morgan fingerprint density at radius 3 is 2.00 bits per heavy atom. The van der Waals surface area contributed by atoms with Crippen LogP contribution in [-0.4, -0.2) is 62.3 Å². The average molecular weight is 322 g/mol. The molecule has 3 unspecified atom stereocenters. The highest BCUT2D eigenvalue weighted by molar-refractivity contribution is 5.66. The summed E-state index contributed by atoms with van der Waals surface area (Å²) in [5, 5.41) is 8.55. The van der Waals surface area contributed by atoms with Crippen molar-refractivity contribution in [3.63, 3.8) is 0 Å². The summed E-state index contributed by atoms with van der Waals surface area (Å²) in [5.41, 5.74) is 0. The van der Waals surface area contributed by atoms with E-state index in [1.807, 2.05) is 13.8 Å². The molecule has 0 rings (SSSR count). The third-order valence-corrected chi connectivity index (χ3v) is 2.47. The smallest absolute Gasteiger partial charge is 0.302 e. The maximum atomic E-state index is 10.4. The minimum absolute atomic E-state index is 0.0659. The number of hydrogen-bond acceptors (Lipinski definition) is 7. The first kappa shape index (κ1) is 23.1. The zero-order valence-corrected chi connectivity index (χ0v) is 14.5. The van der Waals surface area contributed by atoms with Gasteiger partial charge in [0.15, 0.2) is 0 Å². The molecular formula is C15H30O7. The molecule has 0 aliphatic rings. The average Bonchev–Trinajstić information content (AvgIpc) is 2.43. The fourth-order valence-corrected chi connectivity index (χ4v) is 1.13. The Labute approximate surface area is 132 Å². The quantitative estimate of drug-likeness (QED) is 0.640. The van der Waals surface area contributed by atoms with Gasteiger partial charge >= 0.3 is 11.9 Å². The number of aliphatic hydroxyl groups is 1. The molecule has 0 heterocycles. The number of carbonyl (C=O) groups excluding carboxylic acids is 2. The molecule has 0 aromatic carbocycles. The molecule has 0 aromatic heterocycles. The fraction of sp³-hybridized carbons (Fsp3) is 0.867. The third-order valence-electron chi connectivity index (χ3n) is 2.47. The molecule has 7 heteroatoms. The van der Waals surface area contributed by atoms with E-state index in [0.717, 1.165) is 0 Å². The van der Waals surface area contributed by atoms with E-state index in [-0.39, 0.29) is 36.9 Å². The minimum atomic E-state index is -0.315.